The van der Waals surface area contributed by atoms with Crippen LogP contribution in [0.1, 0.15) is 11.3 Å². The van der Waals surface area contributed by atoms with Crippen LogP contribution in [0.5, 0.6) is 0 Å². The zero-order valence-electron chi connectivity index (χ0n) is 14.5. The van der Waals surface area contributed by atoms with Crippen molar-refractivity contribution in [3.8, 4) is 0 Å². The van der Waals surface area contributed by atoms with Gasteiger partial charge in [-0.3, -0.25) is 4.79 Å². The second-order valence-electron chi connectivity index (χ2n) is 6.29. The van der Waals surface area contributed by atoms with Crippen molar-refractivity contribution < 1.29 is 18.3 Å². The highest BCUT2D eigenvalue weighted by molar-refractivity contribution is 7.90. The molecule has 0 saturated carbocycles. The molecule has 0 aliphatic rings. The average Bonchev–Trinajstić information content (AvgIpc) is 2.93. The van der Waals surface area contributed by atoms with Crippen LogP contribution >= 0.6 is 0 Å². The van der Waals surface area contributed by atoms with Crippen molar-refractivity contribution in [1.29, 1.82) is 0 Å². The van der Waals surface area contributed by atoms with E-state index in [1.54, 1.807) is 37.3 Å². The molecule has 2 aromatic carbocycles. The second-order valence-corrected chi connectivity index (χ2v) is 8.07. The summed E-state index contributed by atoms with van der Waals surface area (Å²) in [7, 11) is -3.94. The van der Waals surface area contributed by atoms with Gasteiger partial charge in [-0.2, -0.15) is 0 Å². The predicted octanol–water partition coefficient (Wildman–Crippen LogP) is 3.36. The Labute approximate surface area is 155 Å². The van der Waals surface area contributed by atoms with Crippen molar-refractivity contribution in [1.82, 2.24) is 8.96 Å². The maximum atomic E-state index is 13.4. The number of benzene rings is 2. The van der Waals surface area contributed by atoms with E-state index in [0.717, 1.165) is 14.7 Å². The van der Waals surface area contributed by atoms with Gasteiger partial charge in [0, 0.05) is 17.3 Å². The Bertz CT molecular complexity index is 1310. The number of carboxylic acid groups (broad SMARTS) is 1. The molecule has 2 heterocycles. The first-order valence-electron chi connectivity index (χ1n) is 8.30. The summed E-state index contributed by atoms with van der Waals surface area (Å²) < 4.78 is 27.9. The van der Waals surface area contributed by atoms with E-state index in [0.29, 0.717) is 16.6 Å². The number of rotatable bonds is 4. The summed E-state index contributed by atoms with van der Waals surface area (Å²) in [4.78, 5) is 15.6. The number of hydrogen-bond donors (Lipinski definition) is 1. The maximum Gasteiger partial charge on any atom is 0.307 e. The van der Waals surface area contributed by atoms with E-state index in [4.69, 9.17) is 0 Å². The number of fused-ring (bicyclic) bond motifs is 2. The van der Waals surface area contributed by atoms with Gasteiger partial charge in [0.1, 0.15) is 0 Å². The molecule has 0 aliphatic heterocycles. The molecule has 0 bridgehead atoms. The minimum atomic E-state index is -3.94. The summed E-state index contributed by atoms with van der Waals surface area (Å²) in [6.07, 6.45) is 1.23. The largest absolute Gasteiger partial charge is 0.481 e. The Morgan fingerprint density at radius 2 is 1.81 bits per heavy atom. The molecule has 6 nitrogen and oxygen atoms in total. The fourth-order valence-corrected chi connectivity index (χ4v) is 4.94. The van der Waals surface area contributed by atoms with E-state index in [9.17, 15) is 18.3 Å². The number of pyridine rings is 1. The SMILES string of the molecule is Cc1c(CC(=O)O)c2cccnc2n1S(=O)(=O)c1ccc2ccccc2c1. The van der Waals surface area contributed by atoms with Gasteiger partial charge in [-0.05, 0) is 47.5 Å². The van der Waals surface area contributed by atoms with Gasteiger partial charge in [-0.25, -0.2) is 17.4 Å². The number of carbonyl (C=O) groups is 1. The summed E-state index contributed by atoms with van der Waals surface area (Å²) in [5.41, 5.74) is 1.05. The van der Waals surface area contributed by atoms with Crippen LogP contribution in [0, 0.1) is 6.92 Å². The monoisotopic (exact) mass is 380 g/mol. The van der Waals surface area contributed by atoms with Crippen molar-refractivity contribution >= 4 is 37.8 Å². The zero-order valence-corrected chi connectivity index (χ0v) is 15.3. The first kappa shape index (κ1) is 17.2. The van der Waals surface area contributed by atoms with Gasteiger partial charge in [0.15, 0.2) is 5.65 Å². The Balaban J connectivity index is 1.99. The Hall–Kier alpha value is -3.19. The van der Waals surface area contributed by atoms with Gasteiger partial charge in [-0.1, -0.05) is 30.3 Å². The molecule has 1 N–H and O–H groups in total. The van der Waals surface area contributed by atoms with Crippen molar-refractivity contribution in [3.63, 3.8) is 0 Å². The highest BCUT2D eigenvalue weighted by atomic mass is 32.2. The lowest BCUT2D eigenvalue weighted by atomic mass is 10.1. The van der Waals surface area contributed by atoms with Gasteiger partial charge in [0.25, 0.3) is 10.0 Å². The van der Waals surface area contributed by atoms with Crippen LogP contribution in [0.3, 0.4) is 0 Å². The molecular weight excluding hydrogens is 364 g/mol. The molecule has 2 aromatic heterocycles. The molecule has 7 heteroatoms. The van der Waals surface area contributed by atoms with Crippen LogP contribution < -0.4 is 0 Å². The molecule has 4 rings (SSSR count). The molecule has 136 valence electrons. The molecule has 4 aromatic rings. The molecule has 0 atom stereocenters. The number of aliphatic carboxylic acids is 1. The summed E-state index contributed by atoms with van der Waals surface area (Å²) in [6.45, 7) is 1.61. The highest BCUT2D eigenvalue weighted by Crippen LogP contribution is 2.30. The third-order valence-corrected chi connectivity index (χ3v) is 6.41. The van der Waals surface area contributed by atoms with Gasteiger partial charge in [0.05, 0.1) is 11.3 Å². The van der Waals surface area contributed by atoms with E-state index < -0.39 is 16.0 Å². The number of hydrogen-bond acceptors (Lipinski definition) is 4. The van der Waals surface area contributed by atoms with Crippen molar-refractivity contribution in [3.05, 3.63) is 72.1 Å². The topological polar surface area (TPSA) is 89.3 Å². The second kappa shape index (κ2) is 6.21. The van der Waals surface area contributed by atoms with Crippen LogP contribution in [0.4, 0.5) is 0 Å². The van der Waals surface area contributed by atoms with Gasteiger partial charge < -0.3 is 5.11 Å². The van der Waals surface area contributed by atoms with E-state index in [1.807, 2.05) is 24.3 Å². The first-order valence-corrected chi connectivity index (χ1v) is 9.74. The standard InChI is InChI=1S/C20H16N2O4S/c1-13-18(12-19(23)24)17-7-4-10-21-20(17)22(13)27(25,26)16-9-8-14-5-2-3-6-15(14)11-16/h2-11H,12H2,1H3,(H,23,24). The van der Waals surface area contributed by atoms with Crippen molar-refractivity contribution in [2.24, 2.45) is 0 Å². The van der Waals surface area contributed by atoms with E-state index in [2.05, 4.69) is 4.98 Å². The van der Waals surface area contributed by atoms with E-state index >= 15 is 0 Å². The van der Waals surface area contributed by atoms with Crippen molar-refractivity contribution in [2.75, 3.05) is 0 Å². The van der Waals surface area contributed by atoms with E-state index in [1.165, 1.54) is 6.20 Å². The Morgan fingerprint density at radius 3 is 2.56 bits per heavy atom. The molecule has 0 amide bonds. The number of aromatic nitrogens is 2. The highest BCUT2D eigenvalue weighted by Gasteiger charge is 2.26. The molecule has 0 saturated heterocycles. The van der Waals surface area contributed by atoms with Crippen LogP contribution in [-0.2, 0) is 21.2 Å². The lowest BCUT2D eigenvalue weighted by Crippen LogP contribution is -2.15. The molecular formula is C20H16N2O4S. The molecule has 0 spiro atoms. The van der Waals surface area contributed by atoms with Crippen LogP contribution in [0.25, 0.3) is 21.8 Å². The maximum absolute atomic E-state index is 13.4. The minimum absolute atomic E-state index is 0.133. The number of nitrogens with zero attached hydrogens (tertiary/aromatic N) is 2. The smallest absolute Gasteiger partial charge is 0.307 e. The molecule has 0 unspecified atom stereocenters. The van der Waals surface area contributed by atoms with Crippen molar-refractivity contribution in [2.45, 2.75) is 18.2 Å². The van der Waals surface area contributed by atoms with Gasteiger partial charge in [-0.15, -0.1) is 0 Å². The van der Waals surface area contributed by atoms with Crippen LogP contribution in [0.2, 0.25) is 0 Å². The fraction of sp³-hybridized carbons (Fsp3) is 0.100. The normalized spacial score (nSPS) is 11.9. The summed E-state index contributed by atoms with van der Waals surface area (Å²) in [6, 6.07) is 15.8. The molecule has 0 radical (unpaired) electrons. The third kappa shape index (κ3) is 2.76. The minimum Gasteiger partial charge on any atom is -0.481 e. The molecule has 0 fully saturated rings. The molecule has 27 heavy (non-hydrogen) atoms. The quantitative estimate of drug-likeness (QED) is 0.586. The third-order valence-electron chi connectivity index (χ3n) is 4.63. The Kier molecular flexibility index (Phi) is 3.96. The van der Waals surface area contributed by atoms with Crippen LogP contribution in [-0.4, -0.2) is 28.5 Å². The van der Waals surface area contributed by atoms with Crippen LogP contribution in [0.15, 0.2) is 65.7 Å². The fourth-order valence-electron chi connectivity index (χ4n) is 3.37. The van der Waals surface area contributed by atoms with E-state index in [-0.39, 0.29) is 17.0 Å². The first-order chi connectivity index (χ1) is 12.9. The predicted molar refractivity (Wildman–Crippen MR) is 102 cm³/mol. The summed E-state index contributed by atoms with van der Waals surface area (Å²) in [5, 5.41) is 11.5. The Morgan fingerprint density at radius 1 is 1.07 bits per heavy atom. The average molecular weight is 380 g/mol. The lowest BCUT2D eigenvalue weighted by molar-refractivity contribution is -0.136. The summed E-state index contributed by atoms with van der Waals surface area (Å²) >= 11 is 0. The lowest BCUT2D eigenvalue weighted by Gasteiger charge is -2.10. The van der Waals surface area contributed by atoms with Gasteiger partial charge >= 0.3 is 5.97 Å². The number of carboxylic acids is 1. The zero-order chi connectivity index (χ0) is 19.2. The molecule has 0 aliphatic carbocycles. The van der Waals surface area contributed by atoms with Gasteiger partial charge in [0.2, 0.25) is 0 Å². The summed E-state index contributed by atoms with van der Waals surface area (Å²) in [5.74, 6) is -1.02.